The van der Waals surface area contributed by atoms with Gasteiger partial charge in [-0.1, -0.05) is 46.6 Å². The second-order valence-corrected chi connectivity index (χ2v) is 5.21. The van der Waals surface area contributed by atoms with E-state index >= 15 is 0 Å². The second kappa shape index (κ2) is 8.46. The summed E-state index contributed by atoms with van der Waals surface area (Å²) in [4.78, 5) is 0. The van der Waals surface area contributed by atoms with Crippen LogP contribution in [0.5, 0.6) is 0 Å². The smallest absolute Gasteiger partial charge is 0.0587 e. The lowest BCUT2D eigenvalue weighted by molar-refractivity contribution is 0.200. The molecule has 0 aliphatic carbocycles. The Balaban J connectivity index is 2.65. The number of aryl methyl sites for hydroxylation is 1. The molecule has 0 bridgehead atoms. The van der Waals surface area contributed by atoms with Crippen molar-refractivity contribution < 1.29 is 4.74 Å². The van der Waals surface area contributed by atoms with Crippen molar-refractivity contribution in [2.24, 2.45) is 0 Å². The van der Waals surface area contributed by atoms with E-state index in [0.717, 1.165) is 30.6 Å². The molecule has 18 heavy (non-hydrogen) atoms. The number of rotatable bonds is 7. The van der Waals surface area contributed by atoms with Gasteiger partial charge in [-0.2, -0.15) is 0 Å². The predicted molar refractivity (Wildman–Crippen MR) is 81.9 cm³/mol. The molecule has 2 nitrogen and oxygen atoms in total. The molecule has 0 radical (unpaired) electrons. The van der Waals surface area contributed by atoms with Crippen LogP contribution in [0.3, 0.4) is 0 Å². The maximum atomic E-state index is 5.02. The summed E-state index contributed by atoms with van der Waals surface area (Å²) in [6.07, 6.45) is 3.31. The standard InChI is InChI=1S/C15H22BrNO/c1-4-13(11-17-7-8-18-3)10-14-6-5-12(2)9-15(14)16/h5-6,9-10,17H,4,7-8,11H2,1-3H3/b13-10-. The highest BCUT2D eigenvalue weighted by Gasteiger charge is 2.00. The number of hydrogen-bond donors (Lipinski definition) is 1. The Bertz CT molecular complexity index is 401. The molecule has 1 aromatic carbocycles. The summed E-state index contributed by atoms with van der Waals surface area (Å²) in [6, 6.07) is 6.45. The normalized spacial score (nSPS) is 11.9. The van der Waals surface area contributed by atoms with E-state index in [1.807, 2.05) is 0 Å². The van der Waals surface area contributed by atoms with Gasteiger partial charge in [0.05, 0.1) is 6.61 Å². The highest BCUT2D eigenvalue weighted by molar-refractivity contribution is 9.10. The van der Waals surface area contributed by atoms with Crippen molar-refractivity contribution in [2.45, 2.75) is 20.3 Å². The Morgan fingerprint density at radius 2 is 2.22 bits per heavy atom. The SMILES string of the molecule is CC/C(=C/c1ccc(C)cc1Br)CNCCOC. The molecular formula is C15H22BrNO. The fourth-order valence-electron chi connectivity index (χ4n) is 1.67. The molecule has 0 saturated heterocycles. The van der Waals surface area contributed by atoms with Crippen molar-refractivity contribution in [3.05, 3.63) is 39.4 Å². The zero-order valence-corrected chi connectivity index (χ0v) is 13.0. The third-order valence-corrected chi connectivity index (χ3v) is 3.49. The van der Waals surface area contributed by atoms with Gasteiger partial charge in [-0.25, -0.2) is 0 Å². The molecule has 0 amide bonds. The first kappa shape index (κ1) is 15.4. The maximum absolute atomic E-state index is 5.02. The average molecular weight is 312 g/mol. The van der Waals surface area contributed by atoms with Crippen molar-refractivity contribution in [1.29, 1.82) is 0 Å². The van der Waals surface area contributed by atoms with E-state index in [4.69, 9.17) is 4.74 Å². The molecule has 0 aliphatic heterocycles. The zero-order chi connectivity index (χ0) is 13.4. The molecular weight excluding hydrogens is 290 g/mol. The Labute approximate surface area is 119 Å². The highest BCUT2D eigenvalue weighted by Crippen LogP contribution is 2.21. The zero-order valence-electron chi connectivity index (χ0n) is 11.4. The van der Waals surface area contributed by atoms with E-state index in [9.17, 15) is 0 Å². The van der Waals surface area contributed by atoms with Gasteiger partial charge in [0.2, 0.25) is 0 Å². The molecule has 0 aliphatic rings. The molecule has 1 N–H and O–H groups in total. The molecule has 0 unspecified atom stereocenters. The van der Waals surface area contributed by atoms with Crippen molar-refractivity contribution in [3.63, 3.8) is 0 Å². The number of hydrogen-bond acceptors (Lipinski definition) is 2. The highest BCUT2D eigenvalue weighted by atomic mass is 79.9. The number of methoxy groups -OCH3 is 1. The molecule has 0 aromatic heterocycles. The van der Waals surface area contributed by atoms with E-state index < -0.39 is 0 Å². The maximum Gasteiger partial charge on any atom is 0.0587 e. The van der Waals surface area contributed by atoms with Crippen molar-refractivity contribution in [3.8, 4) is 0 Å². The third-order valence-electron chi connectivity index (χ3n) is 2.80. The van der Waals surface area contributed by atoms with Crippen molar-refractivity contribution >= 4 is 22.0 Å². The average Bonchev–Trinajstić information content (AvgIpc) is 2.35. The van der Waals surface area contributed by atoms with Gasteiger partial charge in [0.1, 0.15) is 0 Å². The predicted octanol–water partition coefficient (Wildman–Crippen LogP) is 3.79. The van der Waals surface area contributed by atoms with Gasteiger partial charge in [0, 0.05) is 24.7 Å². The summed E-state index contributed by atoms with van der Waals surface area (Å²) in [7, 11) is 1.72. The topological polar surface area (TPSA) is 21.3 Å². The summed E-state index contributed by atoms with van der Waals surface area (Å²) < 4.78 is 6.18. The number of nitrogens with one attached hydrogen (secondary N) is 1. The fraction of sp³-hybridized carbons (Fsp3) is 0.467. The molecule has 0 atom stereocenters. The van der Waals surface area contributed by atoms with Crippen LogP contribution in [0.15, 0.2) is 28.2 Å². The van der Waals surface area contributed by atoms with Crippen LogP contribution in [0.4, 0.5) is 0 Å². The van der Waals surface area contributed by atoms with Gasteiger partial charge >= 0.3 is 0 Å². The van der Waals surface area contributed by atoms with Crippen LogP contribution in [-0.4, -0.2) is 26.8 Å². The first-order valence-corrected chi connectivity index (χ1v) is 7.12. The van der Waals surface area contributed by atoms with Crippen molar-refractivity contribution in [2.75, 3.05) is 26.8 Å². The lowest BCUT2D eigenvalue weighted by atomic mass is 10.1. The van der Waals surface area contributed by atoms with Crippen LogP contribution in [0.1, 0.15) is 24.5 Å². The Kier molecular flexibility index (Phi) is 7.25. The van der Waals surface area contributed by atoms with E-state index in [1.165, 1.54) is 16.7 Å². The summed E-state index contributed by atoms with van der Waals surface area (Å²) in [5.74, 6) is 0. The molecule has 0 fully saturated rings. The lowest BCUT2D eigenvalue weighted by Crippen LogP contribution is -2.21. The Morgan fingerprint density at radius 3 is 2.83 bits per heavy atom. The van der Waals surface area contributed by atoms with Crippen molar-refractivity contribution in [1.82, 2.24) is 5.32 Å². The quantitative estimate of drug-likeness (QED) is 0.774. The van der Waals surface area contributed by atoms with Gasteiger partial charge in [0.15, 0.2) is 0 Å². The molecule has 1 aromatic rings. The fourth-order valence-corrected chi connectivity index (χ4v) is 2.28. The van der Waals surface area contributed by atoms with Crippen LogP contribution in [-0.2, 0) is 4.74 Å². The number of benzene rings is 1. The largest absolute Gasteiger partial charge is 0.383 e. The molecule has 0 saturated carbocycles. The number of ether oxygens (including phenoxy) is 1. The minimum absolute atomic E-state index is 0.755. The van der Waals surface area contributed by atoms with E-state index in [1.54, 1.807) is 7.11 Å². The summed E-state index contributed by atoms with van der Waals surface area (Å²) in [6.45, 7) is 6.85. The minimum Gasteiger partial charge on any atom is -0.383 e. The van der Waals surface area contributed by atoms with Crippen LogP contribution in [0.2, 0.25) is 0 Å². The third kappa shape index (κ3) is 5.34. The van der Waals surface area contributed by atoms with E-state index in [0.29, 0.717) is 0 Å². The molecule has 3 heteroatoms. The first-order chi connectivity index (χ1) is 8.67. The molecule has 1 rings (SSSR count). The van der Waals surface area contributed by atoms with Crippen LogP contribution in [0.25, 0.3) is 6.08 Å². The second-order valence-electron chi connectivity index (χ2n) is 4.35. The summed E-state index contributed by atoms with van der Waals surface area (Å²) in [5.41, 5.74) is 3.91. The van der Waals surface area contributed by atoms with Crippen LogP contribution < -0.4 is 5.32 Å². The van der Waals surface area contributed by atoms with Gasteiger partial charge in [-0.3, -0.25) is 0 Å². The molecule has 0 heterocycles. The minimum atomic E-state index is 0.755. The van der Waals surface area contributed by atoms with Gasteiger partial charge in [0.25, 0.3) is 0 Å². The Hall–Kier alpha value is -0.640. The van der Waals surface area contributed by atoms with E-state index in [-0.39, 0.29) is 0 Å². The Morgan fingerprint density at radius 1 is 1.44 bits per heavy atom. The van der Waals surface area contributed by atoms with Crippen LogP contribution >= 0.6 is 15.9 Å². The van der Waals surface area contributed by atoms with Gasteiger partial charge in [-0.15, -0.1) is 0 Å². The number of halogens is 1. The first-order valence-electron chi connectivity index (χ1n) is 6.32. The summed E-state index contributed by atoms with van der Waals surface area (Å²) >= 11 is 3.61. The monoisotopic (exact) mass is 311 g/mol. The molecule has 0 spiro atoms. The van der Waals surface area contributed by atoms with Gasteiger partial charge < -0.3 is 10.1 Å². The van der Waals surface area contributed by atoms with Gasteiger partial charge in [-0.05, 0) is 30.5 Å². The lowest BCUT2D eigenvalue weighted by Gasteiger charge is -2.08. The van der Waals surface area contributed by atoms with Crippen LogP contribution in [0, 0.1) is 6.92 Å². The molecule has 100 valence electrons. The summed E-state index contributed by atoms with van der Waals surface area (Å²) in [5, 5.41) is 3.38. The van der Waals surface area contributed by atoms with E-state index in [2.05, 4.69) is 59.4 Å².